The average Bonchev–Trinajstić information content (AvgIpc) is 3.41. The third-order valence-electron chi connectivity index (χ3n) is 10.2. The number of aromatic hydroxyl groups is 1. The highest BCUT2D eigenvalue weighted by molar-refractivity contribution is 6.43. The number of nitrogens with zero attached hydrogens (tertiary/aromatic N) is 2. The van der Waals surface area contributed by atoms with Crippen LogP contribution in [0.15, 0.2) is 108 Å². The third kappa shape index (κ3) is 8.03. The van der Waals surface area contributed by atoms with Crippen LogP contribution in [-0.2, 0) is 26.6 Å². The van der Waals surface area contributed by atoms with Crippen molar-refractivity contribution in [1.82, 2.24) is 4.98 Å². The maximum atomic E-state index is 14.2. The maximum Gasteiger partial charge on any atom is 0.455 e. The molecule has 0 bridgehead atoms. The minimum Gasteiger partial charge on any atom is -0.508 e. The number of para-hydroxylation sites is 1. The number of fused-ring (bicyclic) bond motifs is 3. The lowest BCUT2D eigenvalue weighted by molar-refractivity contribution is -0.143. The van der Waals surface area contributed by atoms with Crippen LogP contribution >= 0.6 is 0 Å². The van der Waals surface area contributed by atoms with E-state index < -0.39 is 72.0 Å². The van der Waals surface area contributed by atoms with Crippen LogP contribution in [0.5, 0.6) is 11.5 Å². The number of anilines is 1. The highest BCUT2D eigenvalue weighted by Crippen LogP contribution is 2.52. The zero-order valence-corrected chi connectivity index (χ0v) is 28.9. The summed E-state index contributed by atoms with van der Waals surface area (Å²) in [5.74, 6) is -4.51. The molecule has 2 fully saturated rings. The van der Waals surface area contributed by atoms with Gasteiger partial charge in [0.25, 0.3) is 0 Å². The van der Waals surface area contributed by atoms with Crippen molar-refractivity contribution in [3.63, 3.8) is 0 Å². The Morgan fingerprint density at radius 3 is 2.20 bits per heavy atom. The van der Waals surface area contributed by atoms with Crippen molar-refractivity contribution in [1.29, 1.82) is 0 Å². The van der Waals surface area contributed by atoms with Gasteiger partial charge in [-0.05, 0) is 114 Å². The second-order valence-corrected chi connectivity index (χ2v) is 13.7. The number of halogens is 6. The summed E-state index contributed by atoms with van der Waals surface area (Å²) in [4.78, 5) is 33.2. The van der Waals surface area contributed by atoms with Crippen molar-refractivity contribution in [3.05, 3.63) is 131 Å². The molecule has 2 N–H and O–H groups in total. The fourth-order valence-electron chi connectivity index (χ4n) is 7.79. The number of allylic oxidation sites excluding steroid dienone is 1. The zero-order valence-electron chi connectivity index (χ0n) is 28.9. The molecule has 55 heavy (non-hydrogen) atoms. The van der Waals surface area contributed by atoms with E-state index in [1.807, 2.05) is 18.2 Å². The van der Waals surface area contributed by atoms with E-state index in [-0.39, 0.29) is 37.6 Å². The number of rotatable bonds is 9. The molecule has 1 aromatic heterocycles. The molecular formula is C40H33BF6N2O6. The number of phenolic OH excluding ortho intramolecular Hbond substituents is 1. The van der Waals surface area contributed by atoms with Crippen LogP contribution < -0.4 is 9.64 Å². The Morgan fingerprint density at radius 1 is 0.891 bits per heavy atom. The molecule has 1 aliphatic carbocycles. The summed E-state index contributed by atoms with van der Waals surface area (Å²) < 4.78 is 95.2. The van der Waals surface area contributed by atoms with Crippen molar-refractivity contribution >= 4 is 36.3 Å². The van der Waals surface area contributed by atoms with Crippen molar-refractivity contribution in [2.75, 3.05) is 11.5 Å². The van der Waals surface area contributed by atoms with E-state index in [9.17, 15) is 46.1 Å². The number of hydrogen-bond donors (Lipinski definition) is 2. The smallest absolute Gasteiger partial charge is 0.455 e. The van der Waals surface area contributed by atoms with Gasteiger partial charge in [0.2, 0.25) is 11.8 Å². The fraction of sp³-hybridized carbons (Fsp3) is 0.275. The number of phenols is 1. The molecule has 2 aliphatic heterocycles. The van der Waals surface area contributed by atoms with Crippen molar-refractivity contribution in [2.24, 2.45) is 17.8 Å². The SMILES string of the molecule is O=C1[C@@H]2[C@@H](CC(COc3ccccc3)=C3[C@@H](CC/C(=C/c4ccc(O)cc4)c4ccccn4)OB(O)C[C@@H]32)C(=O)N1c1cc(C(F)(F)F)cc(C(F)(F)F)c1. The molecule has 284 valence electrons. The molecule has 7 rings (SSSR count). The summed E-state index contributed by atoms with van der Waals surface area (Å²) in [5, 5.41) is 20.9. The minimum absolute atomic E-state index is 0.0605. The second-order valence-electron chi connectivity index (χ2n) is 13.7. The molecule has 3 aliphatic rings. The van der Waals surface area contributed by atoms with Crippen LogP contribution in [0, 0.1) is 17.8 Å². The molecule has 8 nitrogen and oxygen atoms in total. The molecule has 3 aromatic carbocycles. The minimum atomic E-state index is -5.20. The topological polar surface area (TPSA) is 109 Å². The standard InChI is InChI=1S/C40H33BF6N2O6/c42-39(43,44)26-18-27(40(45,46)47)20-28(19-26)49-37(51)31-17-25(22-54-30-6-2-1-3-7-30)35-32(36(31)38(49)52)21-41(53)55-34(35)14-11-24(33-8-4-5-15-48-33)16-23-9-12-29(50)13-10-23/h1-10,12-13,15-16,18-20,31-32,34,36,50,53H,11,14,17,21-22H2/b24-16-/t31-,32+,34-,36-/m1/s1. The molecule has 0 unspecified atom stereocenters. The Labute approximate surface area is 311 Å². The van der Waals surface area contributed by atoms with E-state index in [2.05, 4.69) is 4.98 Å². The van der Waals surface area contributed by atoms with E-state index >= 15 is 0 Å². The molecular weight excluding hydrogens is 729 g/mol. The highest BCUT2D eigenvalue weighted by Gasteiger charge is 2.58. The van der Waals surface area contributed by atoms with Gasteiger partial charge in [-0.3, -0.25) is 14.6 Å². The quantitative estimate of drug-likeness (QED) is 0.0766. The number of pyridine rings is 1. The van der Waals surface area contributed by atoms with Gasteiger partial charge in [0, 0.05) is 6.20 Å². The van der Waals surface area contributed by atoms with E-state index in [1.165, 1.54) is 0 Å². The van der Waals surface area contributed by atoms with Crippen LogP contribution in [0.25, 0.3) is 11.6 Å². The molecule has 0 radical (unpaired) electrons. The Balaban J connectivity index is 1.26. The number of ether oxygens (including phenoxy) is 1. The first-order valence-electron chi connectivity index (χ1n) is 17.5. The Bertz CT molecular complexity index is 2090. The monoisotopic (exact) mass is 762 g/mol. The van der Waals surface area contributed by atoms with Crippen LogP contribution in [0.1, 0.15) is 41.6 Å². The van der Waals surface area contributed by atoms with Crippen LogP contribution in [0.4, 0.5) is 32.0 Å². The normalized spacial score (nSPS) is 21.8. The fourth-order valence-corrected chi connectivity index (χ4v) is 7.79. The Morgan fingerprint density at radius 2 is 1.56 bits per heavy atom. The number of carbonyl (C=O) groups is 2. The third-order valence-corrected chi connectivity index (χ3v) is 10.2. The van der Waals surface area contributed by atoms with Gasteiger partial charge in [0.1, 0.15) is 18.1 Å². The number of carbonyl (C=O) groups excluding carboxylic acids is 2. The van der Waals surface area contributed by atoms with Crippen LogP contribution in [0.2, 0.25) is 6.32 Å². The molecule has 15 heteroatoms. The molecule has 4 aromatic rings. The van der Waals surface area contributed by atoms with Gasteiger partial charge in [0.15, 0.2) is 0 Å². The van der Waals surface area contributed by atoms with Crippen molar-refractivity contribution < 1.29 is 55.5 Å². The molecule has 2 amide bonds. The zero-order chi connectivity index (χ0) is 39.1. The maximum absolute atomic E-state index is 14.2. The molecule has 4 atom stereocenters. The molecule has 0 spiro atoms. The summed E-state index contributed by atoms with van der Waals surface area (Å²) in [5.41, 5.74) is -0.767. The van der Waals surface area contributed by atoms with Gasteiger partial charge in [-0.15, -0.1) is 0 Å². The second kappa shape index (κ2) is 15.0. The van der Waals surface area contributed by atoms with Gasteiger partial charge >= 0.3 is 19.5 Å². The van der Waals surface area contributed by atoms with E-state index in [1.54, 1.807) is 66.9 Å². The first-order valence-corrected chi connectivity index (χ1v) is 17.5. The van der Waals surface area contributed by atoms with Crippen molar-refractivity contribution in [2.45, 2.75) is 44.0 Å². The Kier molecular flexibility index (Phi) is 10.4. The number of amides is 2. The number of aromatic nitrogens is 1. The Hall–Kier alpha value is -5.41. The lowest BCUT2D eigenvalue weighted by Crippen LogP contribution is -2.46. The highest BCUT2D eigenvalue weighted by atomic mass is 19.4. The van der Waals surface area contributed by atoms with Gasteiger partial charge in [0.05, 0.1) is 40.4 Å². The lowest BCUT2D eigenvalue weighted by Gasteiger charge is -2.43. The molecule has 3 heterocycles. The van der Waals surface area contributed by atoms with Crippen LogP contribution in [0.3, 0.4) is 0 Å². The first kappa shape index (κ1) is 37.9. The first-order chi connectivity index (χ1) is 26.2. The largest absolute Gasteiger partial charge is 0.508 e. The summed E-state index contributed by atoms with van der Waals surface area (Å²) in [6, 6.07) is 21.4. The summed E-state index contributed by atoms with van der Waals surface area (Å²) in [7, 11) is -1.41. The van der Waals surface area contributed by atoms with Crippen molar-refractivity contribution in [3.8, 4) is 11.5 Å². The average molecular weight is 763 g/mol. The van der Waals surface area contributed by atoms with Gasteiger partial charge in [-0.1, -0.05) is 36.4 Å². The van der Waals surface area contributed by atoms with E-state index in [0.29, 0.717) is 46.0 Å². The van der Waals surface area contributed by atoms with E-state index in [4.69, 9.17) is 9.39 Å². The number of alkyl halides is 6. The van der Waals surface area contributed by atoms with E-state index in [0.717, 1.165) is 11.1 Å². The number of hydrogen-bond acceptors (Lipinski definition) is 7. The number of imide groups is 1. The molecule has 0 saturated carbocycles. The molecule has 2 saturated heterocycles. The number of benzene rings is 3. The summed E-state index contributed by atoms with van der Waals surface area (Å²) in [6.45, 7) is -0.0608. The van der Waals surface area contributed by atoms with Crippen LogP contribution in [-0.4, -0.2) is 46.8 Å². The summed E-state index contributed by atoms with van der Waals surface area (Å²) >= 11 is 0. The van der Waals surface area contributed by atoms with Gasteiger partial charge < -0.3 is 19.5 Å². The predicted molar refractivity (Wildman–Crippen MR) is 190 cm³/mol. The lowest BCUT2D eigenvalue weighted by atomic mass is 9.58. The summed E-state index contributed by atoms with van der Waals surface area (Å²) in [6.07, 6.45) is -7.33. The van der Waals surface area contributed by atoms with Gasteiger partial charge in [-0.2, -0.15) is 26.3 Å². The van der Waals surface area contributed by atoms with Gasteiger partial charge in [-0.25, -0.2) is 4.90 Å². The predicted octanol–water partition coefficient (Wildman–Crippen LogP) is 8.23.